The fourth-order valence-corrected chi connectivity index (χ4v) is 1.37. The number of quaternary nitrogens is 1. The van der Waals surface area contributed by atoms with Gasteiger partial charge in [-0.1, -0.05) is 12.1 Å². The van der Waals surface area contributed by atoms with E-state index in [0.717, 1.165) is 10.0 Å². The van der Waals surface area contributed by atoms with E-state index in [1.807, 2.05) is 24.3 Å². The highest BCUT2D eigenvalue weighted by Gasteiger charge is 2.12. The molecular formula is C13H18INO. The highest BCUT2D eigenvalue weighted by atomic mass is 127. The Morgan fingerprint density at radius 1 is 1.25 bits per heavy atom. The molecule has 0 saturated heterocycles. The summed E-state index contributed by atoms with van der Waals surface area (Å²) in [5.41, 5.74) is 2.08. The zero-order valence-corrected chi connectivity index (χ0v) is 12.1. The highest BCUT2D eigenvalue weighted by molar-refractivity contribution is 5.43. The molecule has 0 amide bonds. The van der Waals surface area contributed by atoms with Gasteiger partial charge in [-0.05, 0) is 17.7 Å². The molecule has 0 spiro atoms. The molecule has 88 valence electrons. The van der Waals surface area contributed by atoms with Crippen LogP contribution in [0.3, 0.4) is 0 Å². The molecule has 1 aromatic carbocycles. The summed E-state index contributed by atoms with van der Waals surface area (Å²) in [6.45, 7) is 0. The summed E-state index contributed by atoms with van der Waals surface area (Å²) in [5.74, 6) is 2.46. The average molecular weight is 331 g/mol. The standard InChI is InChI=1S/C13H18NO.HI/c1-5-6-13(15)11-7-9-12(10-8-11)14(2,3)4;/h1,7-10,13,15H,6H2,2-4H3;1H/q+1;/p-1. The van der Waals surface area contributed by atoms with Crippen molar-refractivity contribution in [2.45, 2.75) is 12.5 Å². The second-order valence-corrected chi connectivity index (χ2v) is 4.53. The van der Waals surface area contributed by atoms with E-state index >= 15 is 0 Å². The van der Waals surface area contributed by atoms with Crippen LogP contribution in [0.5, 0.6) is 0 Å². The summed E-state index contributed by atoms with van der Waals surface area (Å²) >= 11 is 0. The van der Waals surface area contributed by atoms with E-state index in [4.69, 9.17) is 6.42 Å². The monoisotopic (exact) mass is 331 g/mol. The van der Waals surface area contributed by atoms with E-state index in [0.29, 0.717) is 6.42 Å². The van der Waals surface area contributed by atoms with E-state index in [-0.39, 0.29) is 24.0 Å². The van der Waals surface area contributed by atoms with Crippen LogP contribution >= 0.6 is 0 Å². The molecule has 1 aromatic rings. The summed E-state index contributed by atoms with van der Waals surface area (Å²) in [6, 6.07) is 7.91. The fraction of sp³-hybridized carbons (Fsp3) is 0.385. The lowest BCUT2D eigenvalue weighted by molar-refractivity contribution is -0.00000519. The molecule has 0 saturated carbocycles. The molecule has 0 aliphatic heterocycles. The molecule has 0 aliphatic rings. The van der Waals surface area contributed by atoms with Crippen LogP contribution in [0, 0.1) is 12.3 Å². The first kappa shape index (κ1) is 15.4. The molecule has 0 fully saturated rings. The number of hydrogen-bond acceptors (Lipinski definition) is 1. The predicted octanol–water partition coefficient (Wildman–Crippen LogP) is -1.06. The molecule has 1 rings (SSSR count). The molecule has 3 heteroatoms. The number of hydrogen-bond donors (Lipinski definition) is 1. The van der Waals surface area contributed by atoms with Gasteiger partial charge in [0.25, 0.3) is 0 Å². The number of terminal acetylenes is 1. The van der Waals surface area contributed by atoms with E-state index in [1.165, 1.54) is 5.69 Å². The van der Waals surface area contributed by atoms with Crippen molar-refractivity contribution in [3.05, 3.63) is 29.8 Å². The third-order valence-corrected chi connectivity index (χ3v) is 2.36. The van der Waals surface area contributed by atoms with Crippen LogP contribution in [-0.4, -0.2) is 26.2 Å². The van der Waals surface area contributed by atoms with Crippen LogP contribution in [0.15, 0.2) is 24.3 Å². The van der Waals surface area contributed by atoms with Gasteiger partial charge in [0, 0.05) is 6.42 Å². The van der Waals surface area contributed by atoms with E-state index in [2.05, 4.69) is 27.1 Å². The fourth-order valence-electron chi connectivity index (χ4n) is 1.37. The average Bonchev–Trinajstić information content (AvgIpc) is 2.17. The first-order valence-electron chi connectivity index (χ1n) is 4.98. The summed E-state index contributed by atoms with van der Waals surface area (Å²) in [6.07, 6.45) is 4.97. The molecular weight excluding hydrogens is 313 g/mol. The minimum Gasteiger partial charge on any atom is -1.00 e. The van der Waals surface area contributed by atoms with Gasteiger partial charge in [0.1, 0.15) is 5.69 Å². The first-order chi connectivity index (χ1) is 6.95. The van der Waals surface area contributed by atoms with Crippen LogP contribution in [0.1, 0.15) is 18.1 Å². The highest BCUT2D eigenvalue weighted by Crippen LogP contribution is 2.21. The maximum atomic E-state index is 9.67. The van der Waals surface area contributed by atoms with Crippen molar-refractivity contribution in [2.24, 2.45) is 0 Å². The molecule has 0 heterocycles. The second kappa shape index (κ2) is 6.24. The largest absolute Gasteiger partial charge is 1.00 e. The Balaban J connectivity index is 0.00000225. The van der Waals surface area contributed by atoms with Gasteiger partial charge in [0.05, 0.1) is 27.2 Å². The minimum atomic E-state index is -0.545. The summed E-state index contributed by atoms with van der Waals surface area (Å²) in [4.78, 5) is 0. The summed E-state index contributed by atoms with van der Waals surface area (Å²) in [7, 11) is 6.31. The summed E-state index contributed by atoms with van der Waals surface area (Å²) < 4.78 is 0.769. The molecule has 16 heavy (non-hydrogen) atoms. The summed E-state index contributed by atoms with van der Waals surface area (Å²) in [5, 5.41) is 9.67. The quantitative estimate of drug-likeness (QED) is 0.426. The smallest absolute Gasteiger partial charge is 0.132 e. The number of aliphatic hydroxyl groups excluding tert-OH is 1. The molecule has 0 radical (unpaired) electrons. The van der Waals surface area contributed by atoms with Gasteiger partial charge in [-0.15, -0.1) is 12.3 Å². The van der Waals surface area contributed by atoms with Crippen molar-refractivity contribution in [1.82, 2.24) is 4.48 Å². The molecule has 2 nitrogen and oxygen atoms in total. The van der Waals surface area contributed by atoms with E-state index in [9.17, 15) is 5.11 Å². The maximum absolute atomic E-state index is 9.67. The topological polar surface area (TPSA) is 20.2 Å². The van der Waals surface area contributed by atoms with Crippen molar-refractivity contribution in [2.75, 3.05) is 21.1 Å². The van der Waals surface area contributed by atoms with Gasteiger partial charge < -0.3 is 29.1 Å². The SMILES string of the molecule is C#CCC(O)c1ccc([N+](C)(C)C)cc1.[I-]. The van der Waals surface area contributed by atoms with Crippen molar-refractivity contribution >= 4 is 5.69 Å². The van der Waals surface area contributed by atoms with Gasteiger partial charge >= 0.3 is 0 Å². The molecule has 1 unspecified atom stereocenters. The molecule has 1 atom stereocenters. The third-order valence-electron chi connectivity index (χ3n) is 2.36. The maximum Gasteiger partial charge on any atom is 0.132 e. The molecule has 0 aromatic heterocycles. The Morgan fingerprint density at radius 3 is 2.12 bits per heavy atom. The van der Waals surface area contributed by atoms with Gasteiger partial charge in [0.2, 0.25) is 0 Å². The number of aliphatic hydroxyl groups is 1. The lowest BCUT2D eigenvalue weighted by atomic mass is 10.1. The van der Waals surface area contributed by atoms with Crippen LogP contribution < -0.4 is 28.5 Å². The Labute approximate surface area is 115 Å². The van der Waals surface area contributed by atoms with Crippen LogP contribution in [0.2, 0.25) is 0 Å². The van der Waals surface area contributed by atoms with Crippen molar-refractivity contribution in [1.29, 1.82) is 0 Å². The zero-order chi connectivity index (χ0) is 11.5. The van der Waals surface area contributed by atoms with Crippen molar-refractivity contribution < 1.29 is 29.1 Å². The minimum absolute atomic E-state index is 0. The first-order valence-corrected chi connectivity index (χ1v) is 4.98. The van der Waals surface area contributed by atoms with E-state index in [1.54, 1.807) is 0 Å². The van der Waals surface area contributed by atoms with E-state index < -0.39 is 6.10 Å². The number of halogens is 1. The molecule has 0 bridgehead atoms. The van der Waals surface area contributed by atoms with Crippen LogP contribution in [0.25, 0.3) is 0 Å². The normalized spacial score (nSPS) is 12.4. The van der Waals surface area contributed by atoms with Gasteiger partial charge in [-0.25, -0.2) is 0 Å². The Hall–Kier alpha value is -0.570. The van der Waals surface area contributed by atoms with Gasteiger partial charge in [-0.2, -0.15) is 0 Å². The Morgan fingerprint density at radius 2 is 1.75 bits per heavy atom. The van der Waals surface area contributed by atoms with Crippen molar-refractivity contribution in [3.8, 4) is 12.3 Å². The van der Waals surface area contributed by atoms with Gasteiger partial charge in [-0.3, -0.25) is 4.48 Å². The van der Waals surface area contributed by atoms with Gasteiger partial charge in [0.15, 0.2) is 0 Å². The third kappa shape index (κ3) is 4.12. The Bertz CT molecular complexity index is 359. The predicted molar refractivity (Wildman–Crippen MR) is 64.4 cm³/mol. The zero-order valence-electron chi connectivity index (χ0n) is 9.94. The molecule has 0 aliphatic carbocycles. The Kier molecular flexibility index (Phi) is 6.01. The number of nitrogens with zero attached hydrogens (tertiary/aromatic N) is 1. The van der Waals surface area contributed by atoms with Crippen LogP contribution in [0.4, 0.5) is 5.69 Å². The number of rotatable bonds is 3. The lowest BCUT2D eigenvalue weighted by Crippen LogP contribution is -3.00. The number of benzene rings is 1. The van der Waals surface area contributed by atoms with Crippen molar-refractivity contribution in [3.63, 3.8) is 0 Å². The second-order valence-electron chi connectivity index (χ2n) is 4.53. The lowest BCUT2D eigenvalue weighted by Gasteiger charge is -2.23. The van der Waals surface area contributed by atoms with Crippen LogP contribution in [-0.2, 0) is 0 Å². The molecule has 1 N–H and O–H groups in total.